The lowest BCUT2D eigenvalue weighted by Crippen LogP contribution is -2.69. The zero-order chi connectivity index (χ0) is 32.7. The maximum absolute atomic E-state index is 12.6. The van der Waals surface area contributed by atoms with Crippen molar-refractivity contribution in [2.45, 2.75) is 111 Å². The van der Waals surface area contributed by atoms with E-state index in [9.17, 15) is 9.90 Å². The number of amides is 1. The van der Waals surface area contributed by atoms with Gasteiger partial charge < -0.3 is 30.8 Å². The monoisotopic (exact) mass is 655 g/mol. The number of rotatable bonds is 6. The van der Waals surface area contributed by atoms with Gasteiger partial charge in [0.05, 0.1) is 23.2 Å². The van der Waals surface area contributed by atoms with Gasteiger partial charge in [-0.3, -0.25) is 9.58 Å². The van der Waals surface area contributed by atoms with Crippen LogP contribution in [0.1, 0.15) is 97.0 Å². The molecule has 1 aromatic heterocycles. The fraction of sp³-hybridized carbons (Fsp3) is 0.686. The van der Waals surface area contributed by atoms with E-state index < -0.39 is 5.60 Å². The van der Waals surface area contributed by atoms with Gasteiger partial charge in [-0.2, -0.15) is 5.10 Å². The van der Waals surface area contributed by atoms with Crippen molar-refractivity contribution in [2.75, 3.05) is 50.0 Å². The molecule has 1 aromatic carbocycles. The van der Waals surface area contributed by atoms with Gasteiger partial charge in [-0.1, -0.05) is 19.0 Å². The highest BCUT2D eigenvalue weighted by molar-refractivity contribution is 6.35. The first-order valence-electron chi connectivity index (χ1n) is 16.3. The molecule has 6 rings (SSSR count). The van der Waals surface area contributed by atoms with Crippen molar-refractivity contribution in [3.05, 3.63) is 27.9 Å². The number of benzene rings is 1. The van der Waals surface area contributed by atoms with Gasteiger partial charge in [0.2, 0.25) is 0 Å². The van der Waals surface area contributed by atoms with Crippen molar-refractivity contribution < 1.29 is 14.6 Å². The van der Waals surface area contributed by atoms with Gasteiger partial charge in [-0.25, -0.2) is 4.79 Å². The van der Waals surface area contributed by atoms with Crippen molar-refractivity contribution in [3.63, 3.8) is 0 Å². The van der Waals surface area contributed by atoms with Crippen LogP contribution >= 0.6 is 11.6 Å². The number of aliphatic hydroxyl groups excluding tert-OH is 1. The second-order valence-electron chi connectivity index (χ2n) is 15.8. The van der Waals surface area contributed by atoms with Crippen molar-refractivity contribution in [1.82, 2.24) is 19.6 Å². The Balaban J connectivity index is 0.00000417. The van der Waals surface area contributed by atoms with Crippen LogP contribution in [0.25, 0.3) is 11.1 Å². The first-order chi connectivity index (χ1) is 21.0. The minimum atomic E-state index is -0.506. The average Bonchev–Trinajstić information content (AvgIpc) is 3.22. The van der Waals surface area contributed by atoms with E-state index in [1.54, 1.807) is 0 Å². The first-order valence-corrected chi connectivity index (χ1v) is 16.7. The number of aromatic nitrogens is 2. The number of likely N-dealkylation sites (tertiary alicyclic amines) is 1. The van der Waals surface area contributed by atoms with Crippen molar-refractivity contribution in [1.29, 1.82) is 5.41 Å². The number of nitrogens with one attached hydrogen (secondary N) is 1. The molecule has 2 saturated carbocycles. The summed E-state index contributed by atoms with van der Waals surface area (Å²) in [5.74, 6) is 0.911. The molecule has 0 atom stereocenters. The molecule has 2 aromatic rings. The summed E-state index contributed by atoms with van der Waals surface area (Å²) in [5.41, 5.74) is 10.5. The lowest BCUT2D eigenvalue weighted by Gasteiger charge is -2.59. The highest BCUT2D eigenvalue weighted by Gasteiger charge is 2.56. The van der Waals surface area contributed by atoms with Crippen molar-refractivity contribution in [2.24, 2.45) is 5.41 Å². The first kappa shape index (κ1) is 34.5. The fourth-order valence-electron chi connectivity index (χ4n) is 8.10. The van der Waals surface area contributed by atoms with E-state index in [1.807, 2.05) is 38.7 Å². The SMILES string of the molecule is C.Cc1cc(N)c(C=N)c(-c2c(N3CCN(C(C)(C)CO)CC34CCC4)nn(C3CC4(C3)CN(C(=O)OC(C)(C)C)C4)c2C)c1Cl. The van der Waals surface area contributed by atoms with Crippen molar-refractivity contribution >= 4 is 35.4 Å². The van der Waals surface area contributed by atoms with E-state index >= 15 is 0 Å². The van der Waals surface area contributed by atoms with Crippen LogP contribution in [-0.2, 0) is 4.74 Å². The summed E-state index contributed by atoms with van der Waals surface area (Å²) in [7, 11) is 0. The van der Waals surface area contributed by atoms with Gasteiger partial charge in [0.25, 0.3) is 0 Å². The summed E-state index contributed by atoms with van der Waals surface area (Å²) in [6, 6.07) is 2.05. The molecule has 0 radical (unpaired) electrons. The van der Waals surface area contributed by atoms with E-state index in [0.717, 1.165) is 79.9 Å². The van der Waals surface area contributed by atoms with Crippen LogP contribution < -0.4 is 10.6 Å². The van der Waals surface area contributed by atoms with Crippen LogP contribution in [0.2, 0.25) is 5.02 Å². The maximum Gasteiger partial charge on any atom is 0.410 e. The van der Waals surface area contributed by atoms with E-state index in [0.29, 0.717) is 29.4 Å². The number of nitrogens with zero attached hydrogens (tertiary/aromatic N) is 5. The summed E-state index contributed by atoms with van der Waals surface area (Å²) in [5, 5.41) is 24.5. The molecule has 3 heterocycles. The van der Waals surface area contributed by atoms with Gasteiger partial charge in [-0.15, -0.1) is 0 Å². The standard InChI is InChI=1S/C34H50ClN7O3.CH4/c1-21-13-25(37)24(16-36)27(28(21)35)26-22(2)42(23-14-33(15-23)17-39(18-33)30(44)45-31(3,4)5)38-29(26)41-12-11-40(32(6,7)20-43)19-34(41)9-8-10-34;/h13,16,23,36,43H,8-12,14-15,17-20,37H2,1-7H3;1H4. The Morgan fingerprint density at radius 2 is 1.80 bits per heavy atom. The summed E-state index contributed by atoms with van der Waals surface area (Å²) < 4.78 is 7.78. The predicted octanol–water partition coefficient (Wildman–Crippen LogP) is 6.42. The molecule has 4 aliphatic rings. The molecule has 2 saturated heterocycles. The Morgan fingerprint density at radius 3 is 2.35 bits per heavy atom. The summed E-state index contributed by atoms with van der Waals surface area (Å²) in [4.78, 5) is 19.4. The molecular formula is C35H54ClN7O3. The number of halogens is 1. The topological polar surface area (TPSA) is 124 Å². The highest BCUT2D eigenvalue weighted by atomic mass is 35.5. The highest BCUT2D eigenvalue weighted by Crippen LogP contribution is 2.56. The second kappa shape index (κ2) is 11.7. The summed E-state index contributed by atoms with van der Waals surface area (Å²) in [6.07, 6.45) is 6.24. The zero-order valence-electron chi connectivity index (χ0n) is 28.0. The number of aliphatic hydroxyl groups is 1. The third-order valence-corrected chi connectivity index (χ3v) is 11.4. The minimum absolute atomic E-state index is 0. The van der Waals surface area contributed by atoms with Gasteiger partial charge in [-0.05, 0) is 92.2 Å². The number of aryl methyl sites for hydroxylation is 1. The molecule has 4 fully saturated rings. The van der Waals surface area contributed by atoms with Crippen LogP contribution in [0, 0.1) is 24.7 Å². The number of piperazine rings is 1. The molecule has 2 aliphatic carbocycles. The number of hydrogen-bond donors (Lipinski definition) is 3. The quantitative estimate of drug-likeness (QED) is 0.242. The van der Waals surface area contributed by atoms with Crippen LogP contribution in [0.5, 0.6) is 0 Å². The third-order valence-electron chi connectivity index (χ3n) is 10.9. The van der Waals surface area contributed by atoms with Gasteiger partial charge >= 0.3 is 6.09 Å². The third kappa shape index (κ3) is 5.58. The molecule has 0 unspecified atom stereocenters. The average molecular weight is 656 g/mol. The molecule has 1 amide bonds. The van der Waals surface area contributed by atoms with Crippen LogP contribution in [0.3, 0.4) is 0 Å². The van der Waals surface area contributed by atoms with Crippen LogP contribution in [0.4, 0.5) is 16.3 Å². The number of ether oxygens (including phenoxy) is 1. The van der Waals surface area contributed by atoms with Gasteiger partial charge in [0, 0.05) is 78.0 Å². The molecule has 10 nitrogen and oxygen atoms in total. The molecule has 254 valence electrons. The lowest BCUT2D eigenvalue weighted by molar-refractivity contribution is -0.0930. The number of anilines is 2. The van der Waals surface area contributed by atoms with Crippen molar-refractivity contribution in [3.8, 4) is 11.1 Å². The number of carbonyl (C=O) groups excluding carboxylic acids is 1. The predicted molar refractivity (Wildman–Crippen MR) is 186 cm³/mol. The Kier molecular flexibility index (Phi) is 8.78. The van der Waals surface area contributed by atoms with E-state index in [1.165, 1.54) is 6.21 Å². The van der Waals surface area contributed by atoms with E-state index in [2.05, 4.69) is 35.3 Å². The number of carbonyl (C=O) groups is 1. The minimum Gasteiger partial charge on any atom is -0.444 e. The van der Waals surface area contributed by atoms with Crippen LogP contribution in [-0.4, -0.2) is 93.0 Å². The summed E-state index contributed by atoms with van der Waals surface area (Å²) in [6.45, 7) is 18.0. The van der Waals surface area contributed by atoms with Crippen LogP contribution in [0.15, 0.2) is 6.07 Å². The molecule has 0 bridgehead atoms. The Morgan fingerprint density at radius 1 is 1.15 bits per heavy atom. The number of nitrogen functional groups attached to an aromatic ring is 1. The Bertz CT molecular complexity index is 1510. The summed E-state index contributed by atoms with van der Waals surface area (Å²) >= 11 is 7.09. The largest absolute Gasteiger partial charge is 0.444 e. The van der Waals surface area contributed by atoms with E-state index in [-0.39, 0.29) is 42.7 Å². The lowest BCUT2D eigenvalue weighted by atomic mass is 9.61. The maximum atomic E-state index is 12.6. The normalized spacial score (nSPS) is 21.0. The number of hydrogen-bond acceptors (Lipinski definition) is 8. The molecule has 11 heteroatoms. The van der Waals surface area contributed by atoms with Gasteiger partial charge in [0.1, 0.15) is 5.60 Å². The van der Waals surface area contributed by atoms with E-state index in [4.69, 9.17) is 32.6 Å². The second-order valence-corrected chi connectivity index (χ2v) is 16.2. The number of nitrogens with two attached hydrogens (primary N) is 1. The van der Waals surface area contributed by atoms with Gasteiger partial charge in [0.15, 0.2) is 5.82 Å². The smallest absolute Gasteiger partial charge is 0.410 e. The Labute approximate surface area is 279 Å². The molecular weight excluding hydrogens is 602 g/mol. The molecule has 4 N–H and O–H groups in total. The fourth-order valence-corrected chi connectivity index (χ4v) is 8.35. The zero-order valence-corrected chi connectivity index (χ0v) is 28.7. The molecule has 2 aliphatic heterocycles. The molecule has 46 heavy (non-hydrogen) atoms. The molecule has 2 spiro atoms. The Hall–Kier alpha value is -2.82.